The minimum atomic E-state index is -3.23. The number of amides is 2. The Bertz CT molecular complexity index is 1270. The lowest BCUT2D eigenvalue weighted by atomic mass is 10.1. The Labute approximate surface area is 202 Å². The molecule has 1 atom stereocenters. The average Bonchev–Trinajstić information content (AvgIpc) is 3.15. The maximum atomic E-state index is 13.3. The van der Waals surface area contributed by atoms with Gasteiger partial charge in [-0.2, -0.15) is 0 Å². The number of hydrogen-bond acceptors (Lipinski definition) is 7. The van der Waals surface area contributed by atoms with Crippen LogP contribution in [0.5, 0.6) is 17.4 Å². The van der Waals surface area contributed by atoms with Crippen LogP contribution >= 0.6 is 11.6 Å². The molecule has 1 aromatic heterocycles. The molecule has 0 spiro atoms. The van der Waals surface area contributed by atoms with Gasteiger partial charge in [0, 0.05) is 24.4 Å². The third-order valence-corrected chi connectivity index (χ3v) is 6.47. The number of nitrogens with zero attached hydrogens (tertiary/aromatic N) is 4. The van der Waals surface area contributed by atoms with Crippen LogP contribution in [0, 0.1) is 0 Å². The summed E-state index contributed by atoms with van der Waals surface area (Å²) in [5.41, 5.74) is 0.831. The van der Waals surface area contributed by atoms with Crippen molar-refractivity contribution in [3.05, 3.63) is 71.5 Å². The highest BCUT2D eigenvalue weighted by molar-refractivity contribution is 7.90. The zero-order chi connectivity index (χ0) is 24.3. The monoisotopic (exact) mass is 502 g/mol. The van der Waals surface area contributed by atoms with Gasteiger partial charge in [-0.1, -0.05) is 23.7 Å². The molecule has 178 valence electrons. The van der Waals surface area contributed by atoms with E-state index in [1.807, 2.05) is 24.3 Å². The molecule has 34 heavy (non-hydrogen) atoms. The van der Waals surface area contributed by atoms with Gasteiger partial charge in [-0.3, -0.25) is 4.90 Å². The lowest BCUT2D eigenvalue weighted by Gasteiger charge is -2.22. The fraction of sp³-hybridized carbons (Fsp3) is 0.261. The summed E-state index contributed by atoms with van der Waals surface area (Å²) in [6, 6.07) is 13.4. The van der Waals surface area contributed by atoms with Crippen molar-refractivity contribution in [2.75, 3.05) is 37.1 Å². The molecule has 1 aliphatic rings. The van der Waals surface area contributed by atoms with Gasteiger partial charge in [-0.25, -0.2) is 23.2 Å². The molecular formula is C23H23ClN4O5S. The molecular weight excluding hydrogens is 480 g/mol. The highest BCUT2D eigenvalue weighted by Gasteiger charge is 2.40. The van der Waals surface area contributed by atoms with Gasteiger partial charge < -0.3 is 14.4 Å². The Morgan fingerprint density at radius 2 is 1.85 bits per heavy atom. The van der Waals surface area contributed by atoms with Crippen LogP contribution in [0.4, 0.5) is 10.6 Å². The van der Waals surface area contributed by atoms with Crippen LogP contribution in [-0.4, -0.2) is 61.5 Å². The highest BCUT2D eigenvalue weighted by Crippen LogP contribution is 2.35. The first kappa shape index (κ1) is 23.8. The molecule has 3 aromatic rings. The minimum absolute atomic E-state index is 0.0832. The molecule has 0 N–H and O–H groups in total. The van der Waals surface area contributed by atoms with Crippen LogP contribution in [0.25, 0.3) is 0 Å². The number of rotatable bonds is 8. The number of hydrogen-bond donors (Lipinski definition) is 0. The molecule has 0 radical (unpaired) electrons. The first-order valence-electron chi connectivity index (χ1n) is 10.4. The molecule has 0 bridgehead atoms. The van der Waals surface area contributed by atoms with Gasteiger partial charge in [0.15, 0.2) is 5.82 Å². The van der Waals surface area contributed by atoms with Gasteiger partial charge >= 0.3 is 6.03 Å². The number of aromatic nitrogens is 2. The van der Waals surface area contributed by atoms with Crippen molar-refractivity contribution < 1.29 is 22.7 Å². The zero-order valence-electron chi connectivity index (χ0n) is 18.6. The number of carbonyl (C=O) groups is 1. The average molecular weight is 503 g/mol. The number of methoxy groups -OCH3 is 1. The third-order valence-electron chi connectivity index (χ3n) is 5.29. The van der Waals surface area contributed by atoms with E-state index in [0.717, 1.165) is 11.8 Å². The number of carbonyl (C=O) groups excluding carboxylic acids is 1. The Kier molecular flexibility index (Phi) is 6.90. The van der Waals surface area contributed by atoms with Crippen LogP contribution in [-0.2, 0) is 9.84 Å². The first-order valence-corrected chi connectivity index (χ1v) is 12.8. The summed E-state index contributed by atoms with van der Waals surface area (Å²) in [5.74, 6) is 1.65. The first-order chi connectivity index (χ1) is 16.2. The lowest BCUT2D eigenvalue weighted by molar-refractivity contribution is 0.223. The summed E-state index contributed by atoms with van der Waals surface area (Å²) < 4.78 is 34.4. The molecule has 4 rings (SSSR count). The number of sulfone groups is 1. The molecule has 0 saturated carbocycles. The van der Waals surface area contributed by atoms with Gasteiger partial charge in [0.25, 0.3) is 0 Å². The van der Waals surface area contributed by atoms with Gasteiger partial charge in [0.2, 0.25) is 5.88 Å². The Balaban J connectivity index is 1.61. The predicted molar refractivity (Wildman–Crippen MR) is 128 cm³/mol. The van der Waals surface area contributed by atoms with Crippen molar-refractivity contribution in [1.82, 2.24) is 14.9 Å². The Morgan fingerprint density at radius 1 is 1.09 bits per heavy atom. The van der Waals surface area contributed by atoms with Crippen LogP contribution in [0.15, 0.2) is 60.9 Å². The van der Waals surface area contributed by atoms with E-state index in [-0.39, 0.29) is 24.2 Å². The summed E-state index contributed by atoms with van der Waals surface area (Å²) in [5, 5.41) is 0.588. The Hall–Kier alpha value is -3.37. The second-order valence-corrected chi connectivity index (χ2v) is 10.5. The van der Waals surface area contributed by atoms with Gasteiger partial charge in [0.1, 0.15) is 21.3 Å². The normalized spacial score (nSPS) is 16.1. The molecule has 1 saturated heterocycles. The number of halogens is 1. The number of ether oxygens (including phenoxy) is 2. The second kappa shape index (κ2) is 9.86. The van der Waals surface area contributed by atoms with E-state index in [2.05, 4.69) is 9.97 Å². The van der Waals surface area contributed by atoms with Crippen molar-refractivity contribution in [1.29, 1.82) is 0 Å². The fourth-order valence-electron chi connectivity index (χ4n) is 3.59. The Morgan fingerprint density at radius 3 is 2.50 bits per heavy atom. The lowest BCUT2D eigenvalue weighted by Crippen LogP contribution is -2.35. The van der Waals surface area contributed by atoms with Crippen molar-refractivity contribution >= 4 is 33.3 Å². The van der Waals surface area contributed by atoms with Gasteiger partial charge in [0.05, 0.1) is 31.3 Å². The molecule has 1 unspecified atom stereocenters. The molecule has 1 aliphatic heterocycles. The minimum Gasteiger partial charge on any atom is -0.497 e. The standard InChI is InChI=1S/C23H23ClN4O5S/c1-32-19-5-3-4-16(12-19)20-15-27(10-11-34(2,30)31)23(29)28(20)21-13-26-22(14-25-21)33-18-8-6-17(24)7-9-18/h3-9,12-14,20H,10-11,15H2,1-2H3. The van der Waals surface area contributed by atoms with E-state index in [1.54, 1.807) is 31.4 Å². The molecule has 2 amide bonds. The molecule has 1 fully saturated rings. The topological polar surface area (TPSA) is 102 Å². The van der Waals surface area contributed by atoms with E-state index in [9.17, 15) is 13.2 Å². The summed E-state index contributed by atoms with van der Waals surface area (Å²) >= 11 is 5.90. The second-order valence-electron chi connectivity index (χ2n) is 7.79. The summed E-state index contributed by atoms with van der Waals surface area (Å²) in [4.78, 5) is 25.0. The maximum Gasteiger partial charge on any atom is 0.326 e. The number of urea groups is 1. The predicted octanol–water partition coefficient (Wildman–Crippen LogP) is 3.96. The summed E-state index contributed by atoms with van der Waals surface area (Å²) in [6.07, 6.45) is 4.03. The van der Waals surface area contributed by atoms with E-state index < -0.39 is 15.9 Å². The largest absolute Gasteiger partial charge is 0.497 e. The summed E-state index contributed by atoms with van der Waals surface area (Å²) in [7, 11) is -1.66. The molecule has 2 heterocycles. The maximum absolute atomic E-state index is 13.3. The fourth-order valence-corrected chi connectivity index (χ4v) is 4.27. The molecule has 11 heteroatoms. The van der Waals surface area contributed by atoms with Crippen molar-refractivity contribution in [3.63, 3.8) is 0 Å². The van der Waals surface area contributed by atoms with E-state index in [4.69, 9.17) is 21.1 Å². The molecule has 0 aliphatic carbocycles. The van der Waals surface area contributed by atoms with Crippen LogP contribution in [0.3, 0.4) is 0 Å². The van der Waals surface area contributed by atoms with Crippen LogP contribution in [0.1, 0.15) is 11.6 Å². The van der Waals surface area contributed by atoms with Crippen molar-refractivity contribution in [2.45, 2.75) is 6.04 Å². The van der Waals surface area contributed by atoms with Gasteiger partial charge in [-0.05, 0) is 42.0 Å². The number of benzene rings is 2. The van der Waals surface area contributed by atoms with Crippen molar-refractivity contribution in [3.8, 4) is 17.4 Å². The van der Waals surface area contributed by atoms with Gasteiger partial charge in [-0.15, -0.1) is 0 Å². The molecule has 2 aromatic carbocycles. The quantitative estimate of drug-likeness (QED) is 0.459. The summed E-state index contributed by atoms with van der Waals surface area (Å²) in [6.45, 7) is 0.381. The van der Waals surface area contributed by atoms with E-state index >= 15 is 0 Å². The zero-order valence-corrected chi connectivity index (χ0v) is 20.2. The van der Waals surface area contributed by atoms with Crippen LogP contribution in [0.2, 0.25) is 5.02 Å². The molecule has 9 nitrogen and oxygen atoms in total. The third kappa shape index (κ3) is 5.57. The SMILES string of the molecule is COc1cccc(C2CN(CCS(C)(=O)=O)C(=O)N2c2cnc(Oc3ccc(Cl)cc3)cn2)c1. The van der Waals surface area contributed by atoms with E-state index in [0.29, 0.717) is 28.9 Å². The smallest absolute Gasteiger partial charge is 0.326 e. The van der Waals surface area contributed by atoms with E-state index in [1.165, 1.54) is 22.2 Å². The van der Waals surface area contributed by atoms with Crippen LogP contribution < -0.4 is 14.4 Å². The highest BCUT2D eigenvalue weighted by atomic mass is 35.5. The number of anilines is 1. The van der Waals surface area contributed by atoms with Crippen molar-refractivity contribution in [2.24, 2.45) is 0 Å².